The second kappa shape index (κ2) is 14.2. The summed E-state index contributed by atoms with van der Waals surface area (Å²) in [6.07, 6.45) is 8.53. The molecule has 54 heavy (non-hydrogen) atoms. The summed E-state index contributed by atoms with van der Waals surface area (Å²) in [4.78, 5) is 50.7. The van der Waals surface area contributed by atoms with Gasteiger partial charge < -0.3 is 25.4 Å². The number of benzene rings is 2. The van der Waals surface area contributed by atoms with Crippen molar-refractivity contribution in [1.82, 2.24) is 34.6 Å². The van der Waals surface area contributed by atoms with Crippen molar-refractivity contribution in [2.75, 3.05) is 50.7 Å². The van der Waals surface area contributed by atoms with E-state index in [1.165, 1.54) is 36.2 Å². The van der Waals surface area contributed by atoms with E-state index in [1.54, 1.807) is 4.57 Å². The fourth-order valence-electron chi connectivity index (χ4n) is 9.44. The highest BCUT2D eigenvalue weighted by Gasteiger charge is 2.28. The highest BCUT2D eigenvalue weighted by molar-refractivity contribution is 5.97. The van der Waals surface area contributed by atoms with Gasteiger partial charge in [-0.15, -0.1) is 0 Å². The maximum absolute atomic E-state index is 13.2. The number of H-pyrrole nitrogens is 1. The molecule has 7 heterocycles. The highest BCUT2D eigenvalue weighted by atomic mass is 16.2. The predicted molar refractivity (Wildman–Crippen MR) is 212 cm³/mol. The van der Waals surface area contributed by atoms with Gasteiger partial charge in [0.15, 0.2) is 0 Å². The molecule has 0 radical (unpaired) electrons. The summed E-state index contributed by atoms with van der Waals surface area (Å²) in [5, 5.41) is 5.86. The van der Waals surface area contributed by atoms with Gasteiger partial charge in [0.2, 0.25) is 5.91 Å². The molecule has 0 aliphatic carbocycles. The SMILES string of the molecule is Cc1cc(N2CCC(CN3CCC(c4ccc5c(c4)n(C)c(=O)n5C4CCC(=O)NC4)CC3)CC2)ccc1-c1cc(-c2cc3c([nH]2)CCNC3=O)ccn1. The number of imidazole rings is 1. The molecule has 2 aromatic carbocycles. The number of nitrogens with one attached hydrogen (secondary N) is 3. The van der Waals surface area contributed by atoms with Crippen molar-refractivity contribution in [1.29, 1.82) is 0 Å². The number of amides is 2. The van der Waals surface area contributed by atoms with Gasteiger partial charge in [0.25, 0.3) is 5.91 Å². The smallest absolute Gasteiger partial charge is 0.329 e. The monoisotopic (exact) mass is 726 g/mol. The van der Waals surface area contributed by atoms with Crippen molar-refractivity contribution in [3.05, 3.63) is 93.7 Å². The van der Waals surface area contributed by atoms with Gasteiger partial charge in [-0.2, -0.15) is 0 Å². The van der Waals surface area contributed by atoms with E-state index in [0.717, 1.165) is 90.2 Å². The number of pyridine rings is 1. The summed E-state index contributed by atoms with van der Waals surface area (Å²) in [5.41, 5.74) is 11.6. The predicted octanol–water partition coefficient (Wildman–Crippen LogP) is 5.54. The van der Waals surface area contributed by atoms with Crippen LogP contribution in [0.25, 0.3) is 33.5 Å². The number of carbonyl (C=O) groups is 2. The molecule has 4 aliphatic heterocycles. The zero-order valence-corrected chi connectivity index (χ0v) is 31.4. The third kappa shape index (κ3) is 6.52. The first kappa shape index (κ1) is 34.6. The molecule has 3 aromatic heterocycles. The fourth-order valence-corrected chi connectivity index (χ4v) is 9.44. The van der Waals surface area contributed by atoms with E-state index >= 15 is 0 Å². The molecule has 11 nitrogen and oxygen atoms in total. The Morgan fingerprint density at radius 1 is 0.815 bits per heavy atom. The summed E-state index contributed by atoms with van der Waals surface area (Å²) in [6, 6.07) is 19.5. The van der Waals surface area contributed by atoms with Gasteiger partial charge in [0.05, 0.1) is 28.3 Å². The largest absolute Gasteiger partial charge is 0.372 e. The molecule has 1 atom stereocenters. The van der Waals surface area contributed by atoms with E-state index < -0.39 is 0 Å². The molecular formula is C43H50N8O3. The number of nitrogens with zero attached hydrogens (tertiary/aromatic N) is 5. The summed E-state index contributed by atoms with van der Waals surface area (Å²) < 4.78 is 3.67. The second-order valence-electron chi connectivity index (χ2n) is 16.0. The number of piperidine rings is 3. The van der Waals surface area contributed by atoms with Crippen molar-refractivity contribution in [2.45, 2.75) is 63.8 Å². The number of fused-ring (bicyclic) bond motifs is 2. The normalized spacial score (nSPS) is 20.3. The number of aromatic amines is 1. The summed E-state index contributed by atoms with van der Waals surface area (Å²) in [7, 11) is 1.87. The van der Waals surface area contributed by atoms with E-state index in [9.17, 15) is 14.4 Å². The highest BCUT2D eigenvalue weighted by Crippen LogP contribution is 2.34. The van der Waals surface area contributed by atoms with Crippen LogP contribution in [0.4, 0.5) is 5.69 Å². The topological polar surface area (TPSA) is 120 Å². The van der Waals surface area contributed by atoms with Crippen LogP contribution in [0.1, 0.15) is 77.7 Å². The number of aromatic nitrogens is 4. The van der Waals surface area contributed by atoms with Gasteiger partial charge >= 0.3 is 5.69 Å². The molecule has 3 fully saturated rings. The first-order chi connectivity index (χ1) is 26.3. The summed E-state index contributed by atoms with van der Waals surface area (Å²) in [5.74, 6) is 1.28. The number of likely N-dealkylation sites (tertiary alicyclic amines) is 1. The van der Waals surface area contributed by atoms with Gasteiger partial charge in [-0.25, -0.2) is 4.79 Å². The fraction of sp³-hybridized carbons (Fsp3) is 0.442. The molecule has 3 N–H and O–H groups in total. The third-order valence-electron chi connectivity index (χ3n) is 12.6. The molecule has 0 spiro atoms. The molecule has 5 aromatic rings. The lowest BCUT2D eigenvalue weighted by molar-refractivity contribution is -0.122. The lowest BCUT2D eigenvalue weighted by Crippen LogP contribution is -2.41. The lowest BCUT2D eigenvalue weighted by atomic mass is 9.88. The average molecular weight is 727 g/mol. The standard InChI is InChI=1S/C43H50N8O3/c1-27-21-32(4-6-34(27)38-22-31(9-15-44-38)37-24-35-36(47-37)10-16-45-42(35)53)50-19-11-28(12-20-50)26-49-17-13-29(14-18-49)30-3-7-39-40(23-30)48(2)43(54)51(39)33-5-8-41(52)46-25-33/h3-4,6-7,9,15,21-24,28-29,33,47H,5,8,10-14,16-20,25-26H2,1-2H3,(H,45,53)(H,46,52). The molecule has 0 bridgehead atoms. The Labute approximate surface area is 315 Å². The third-order valence-corrected chi connectivity index (χ3v) is 12.6. The molecule has 11 heteroatoms. The van der Waals surface area contributed by atoms with E-state index in [-0.39, 0.29) is 23.5 Å². The van der Waals surface area contributed by atoms with Gasteiger partial charge in [-0.3, -0.25) is 23.7 Å². The number of carbonyl (C=O) groups excluding carboxylic acids is 2. The van der Waals surface area contributed by atoms with Crippen molar-refractivity contribution in [2.24, 2.45) is 13.0 Å². The van der Waals surface area contributed by atoms with Crippen LogP contribution in [0.15, 0.2) is 65.6 Å². The molecule has 9 rings (SSSR count). The number of rotatable bonds is 7. The average Bonchev–Trinajstić information content (AvgIpc) is 3.75. The molecule has 0 saturated carbocycles. The van der Waals surface area contributed by atoms with Crippen molar-refractivity contribution >= 4 is 28.5 Å². The van der Waals surface area contributed by atoms with Crippen molar-refractivity contribution < 1.29 is 9.59 Å². The van der Waals surface area contributed by atoms with Crippen molar-refractivity contribution in [3.8, 4) is 22.5 Å². The van der Waals surface area contributed by atoms with Crippen LogP contribution in [0.2, 0.25) is 0 Å². The Morgan fingerprint density at radius 3 is 2.41 bits per heavy atom. The lowest BCUT2D eigenvalue weighted by Gasteiger charge is -2.38. The summed E-state index contributed by atoms with van der Waals surface area (Å²) in [6.45, 7) is 8.90. The van der Waals surface area contributed by atoms with Crippen LogP contribution in [-0.4, -0.2) is 81.6 Å². The zero-order chi connectivity index (χ0) is 36.9. The van der Waals surface area contributed by atoms with Gasteiger partial charge in [0.1, 0.15) is 0 Å². The second-order valence-corrected chi connectivity index (χ2v) is 16.0. The van der Waals surface area contributed by atoms with Crippen LogP contribution in [-0.2, 0) is 18.3 Å². The van der Waals surface area contributed by atoms with E-state index in [1.807, 2.05) is 29.9 Å². The van der Waals surface area contributed by atoms with E-state index in [4.69, 9.17) is 4.98 Å². The Bertz CT molecular complexity index is 2280. The molecular weight excluding hydrogens is 677 g/mol. The summed E-state index contributed by atoms with van der Waals surface area (Å²) >= 11 is 0. The van der Waals surface area contributed by atoms with Crippen molar-refractivity contribution in [3.63, 3.8) is 0 Å². The minimum absolute atomic E-state index is 0.0000592. The molecule has 1 unspecified atom stereocenters. The Kier molecular flexibility index (Phi) is 9.13. The van der Waals surface area contributed by atoms with Gasteiger partial charge in [-0.05, 0) is 118 Å². The zero-order valence-electron chi connectivity index (χ0n) is 31.4. The van der Waals surface area contributed by atoms with Gasteiger partial charge in [0, 0.05) is 87.0 Å². The minimum atomic E-state index is -0.00770. The molecule has 280 valence electrons. The minimum Gasteiger partial charge on any atom is -0.372 e. The van der Waals surface area contributed by atoms with Crippen LogP contribution in [0.5, 0.6) is 0 Å². The Morgan fingerprint density at radius 2 is 1.65 bits per heavy atom. The molecule has 4 aliphatic rings. The van der Waals surface area contributed by atoms with E-state index in [2.05, 4.69) is 74.8 Å². The van der Waals surface area contributed by atoms with Crippen LogP contribution in [0, 0.1) is 12.8 Å². The number of aryl methyl sites for hydroxylation is 2. The van der Waals surface area contributed by atoms with E-state index in [0.29, 0.717) is 37.8 Å². The Balaban J connectivity index is 0.787. The Hall–Kier alpha value is -5.16. The molecule has 3 saturated heterocycles. The number of hydrogen-bond donors (Lipinski definition) is 3. The first-order valence-electron chi connectivity index (χ1n) is 19.8. The maximum atomic E-state index is 13.2. The quantitative estimate of drug-likeness (QED) is 0.203. The molecule has 2 amide bonds. The first-order valence-corrected chi connectivity index (χ1v) is 19.8. The number of anilines is 1. The van der Waals surface area contributed by atoms with Crippen LogP contribution < -0.4 is 21.2 Å². The van der Waals surface area contributed by atoms with Gasteiger partial charge in [-0.1, -0.05) is 12.1 Å². The number of hydrogen-bond acceptors (Lipinski definition) is 6. The van der Waals surface area contributed by atoms with Crippen LogP contribution in [0.3, 0.4) is 0 Å². The van der Waals surface area contributed by atoms with Crippen LogP contribution >= 0.6 is 0 Å². The maximum Gasteiger partial charge on any atom is 0.329 e.